The normalized spacial score (nSPS) is 19.9. The summed E-state index contributed by atoms with van der Waals surface area (Å²) < 4.78 is 76.2. The molecule has 0 aromatic heterocycles. The summed E-state index contributed by atoms with van der Waals surface area (Å²) in [7, 11) is -3.58. The molecule has 0 bridgehead atoms. The van der Waals surface area contributed by atoms with Gasteiger partial charge in [0.1, 0.15) is 5.54 Å². The van der Waals surface area contributed by atoms with E-state index in [0.29, 0.717) is 0 Å². The molecular weight excluding hydrogens is 451 g/mol. The molecule has 172 valence electrons. The lowest BCUT2D eigenvalue weighted by Crippen LogP contribution is -2.61. The summed E-state index contributed by atoms with van der Waals surface area (Å²) in [6.07, 6.45) is -7.85. The van der Waals surface area contributed by atoms with Crippen molar-refractivity contribution < 1.29 is 45.6 Å². The Balaban J connectivity index is 2.36. The van der Waals surface area contributed by atoms with E-state index in [0.717, 1.165) is 45.2 Å². The van der Waals surface area contributed by atoms with Crippen LogP contribution in [0.2, 0.25) is 0 Å². The molecule has 0 spiro atoms. The zero-order valence-electron chi connectivity index (χ0n) is 16.4. The molecule has 1 aromatic carbocycles. The molecule has 1 fully saturated rings. The van der Waals surface area contributed by atoms with E-state index < -0.39 is 68.0 Å². The predicted molar refractivity (Wildman–Crippen MR) is 95.9 cm³/mol. The highest BCUT2D eigenvalue weighted by atomic mass is 32.2. The Morgan fingerprint density at radius 2 is 1.81 bits per heavy atom. The van der Waals surface area contributed by atoms with Crippen molar-refractivity contribution in [2.45, 2.75) is 42.7 Å². The number of non-ortho nitro benzene ring substituents is 1. The Kier molecular flexibility index (Phi) is 6.63. The molecule has 31 heavy (non-hydrogen) atoms. The zero-order chi connectivity index (χ0) is 23.8. The van der Waals surface area contributed by atoms with Crippen LogP contribution in [0, 0.1) is 10.1 Å². The van der Waals surface area contributed by atoms with Crippen LogP contribution < -0.4 is 4.72 Å². The van der Waals surface area contributed by atoms with E-state index in [4.69, 9.17) is 0 Å². The second kappa shape index (κ2) is 8.39. The number of hydrogen-bond acceptors (Lipinski definition) is 8. The van der Waals surface area contributed by atoms with Gasteiger partial charge in [-0.1, -0.05) is 0 Å². The number of hydrogen-bond donors (Lipinski definition) is 1. The second-order valence-corrected chi connectivity index (χ2v) is 8.64. The lowest BCUT2D eigenvalue weighted by molar-refractivity contribution is -0.384. The van der Waals surface area contributed by atoms with Crippen molar-refractivity contribution in [1.82, 2.24) is 9.62 Å². The first kappa shape index (κ1) is 24.5. The number of ether oxygens (including phenoxy) is 2. The van der Waals surface area contributed by atoms with Crippen molar-refractivity contribution in [3.8, 4) is 0 Å². The third kappa shape index (κ3) is 5.11. The number of amides is 1. The van der Waals surface area contributed by atoms with Crippen LogP contribution in [0.25, 0.3) is 0 Å². The van der Waals surface area contributed by atoms with E-state index in [-0.39, 0.29) is 4.90 Å². The van der Waals surface area contributed by atoms with Gasteiger partial charge < -0.3 is 9.47 Å². The van der Waals surface area contributed by atoms with Gasteiger partial charge in [0.15, 0.2) is 6.04 Å². The standard InChI is InChI=1S/C16H18F3N3O8S/c1-15(2,20-31(27,28)10-6-4-9(5-7-10)22(25)26)13(24)21-11(12(23)29-3)8-30-14(21)16(17,18)19/h4-7,11,14,20H,8H2,1-3H3/t11-,14+/m0/s1. The van der Waals surface area contributed by atoms with Crippen molar-refractivity contribution in [2.75, 3.05) is 13.7 Å². The average Bonchev–Trinajstić information content (AvgIpc) is 3.11. The molecule has 1 aromatic rings. The van der Waals surface area contributed by atoms with Crippen molar-refractivity contribution in [1.29, 1.82) is 0 Å². The number of esters is 1. The molecule has 1 heterocycles. The van der Waals surface area contributed by atoms with Crippen molar-refractivity contribution >= 4 is 27.6 Å². The van der Waals surface area contributed by atoms with E-state index in [1.165, 1.54) is 0 Å². The van der Waals surface area contributed by atoms with Crippen LogP contribution in [-0.4, -0.2) is 67.8 Å². The van der Waals surface area contributed by atoms with Crippen LogP contribution in [0.5, 0.6) is 0 Å². The minimum Gasteiger partial charge on any atom is -0.467 e. The van der Waals surface area contributed by atoms with Gasteiger partial charge in [-0.25, -0.2) is 13.2 Å². The number of nitrogens with zero attached hydrogens (tertiary/aromatic N) is 2. The largest absolute Gasteiger partial charge is 0.467 e. The lowest BCUT2D eigenvalue weighted by atomic mass is 10.0. The monoisotopic (exact) mass is 469 g/mol. The number of nitro benzene ring substituents is 1. The van der Waals surface area contributed by atoms with Crippen LogP contribution in [0.15, 0.2) is 29.2 Å². The molecule has 1 aliphatic rings. The molecule has 2 rings (SSSR count). The fraction of sp³-hybridized carbons (Fsp3) is 0.500. The Bertz CT molecular complexity index is 979. The number of methoxy groups -OCH3 is 1. The highest BCUT2D eigenvalue weighted by Gasteiger charge is 2.57. The third-order valence-corrected chi connectivity index (χ3v) is 5.94. The SMILES string of the molecule is COC(=O)[C@@H]1CO[C@H](C(F)(F)F)N1C(=O)C(C)(C)NS(=O)(=O)c1ccc([N+](=O)[O-])cc1. The molecule has 1 aliphatic heterocycles. The lowest BCUT2D eigenvalue weighted by Gasteiger charge is -2.35. The summed E-state index contributed by atoms with van der Waals surface area (Å²) in [5.74, 6) is -2.57. The molecule has 0 unspecified atom stereocenters. The van der Waals surface area contributed by atoms with Gasteiger partial charge in [0.2, 0.25) is 22.2 Å². The molecule has 15 heteroatoms. The Morgan fingerprint density at radius 3 is 2.26 bits per heavy atom. The second-order valence-electron chi connectivity index (χ2n) is 6.96. The van der Waals surface area contributed by atoms with E-state index in [1.54, 1.807) is 0 Å². The van der Waals surface area contributed by atoms with Crippen molar-refractivity contribution in [2.24, 2.45) is 0 Å². The molecule has 11 nitrogen and oxygen atoms in total. The smallest absolute Gasteiger partial charge is 0.433 e. The van der Waals surface area contributed by atoms with Crippen LogP contribution in [0.1, 0.15) is 13.8 Å². The fourth-order valence-electron chi connectivity index (χ4n) is 2.83. The highest BCUT2D eigenvalue weighted by molar-refractivity contribution is 7.89. The molecule has 0 saturated carbocycles. The van der Waals surface area contributed by atoms with Gasteiger partial charge in [-0.05, 0) is 26.0 Å². The summed E-state index contributed by atoms with van der Waals surface area (Å²) in [5.41, 5.74) is -2.55. The van der Waals surface area contributed by atoms with Crippen LogP contribution in [0.3, 0.4) is 0 Å². The minimum atomic E-state index is -5.06. The van der Waals surface area contributed by atoms with Gasteiger partial charge in [0.25, 0.3) is 5.69 Å². The summed E-state index contributed by atoms with van der Waals surface area (Å²) in [4.78, 5) is 34.4. The Labute approximate surface area is 174 Å². The fourth-order valence-corrected chi connectivity index (χ4v) is 4.20. The van der Waals surface area contributed by atoms with Crippen LogP contribution >= 0.6 is 0 Å². The van der Waals surface area contributed by atoms with Gasteiger partial charge in [-0.2, -0.15) is 17.9 Å². The quantitative estimate of drug-likeness (QED) is 0.368. The summed E-state index contributed by atoms with van der Waals surface area (Å²) in [6.45, 7) is 1.20. The highest BCUT2D eigenvalue weighted by Crippen LogP contribution is 2.34. The van der Waals surface area contributed by atoms with Gasteiger partial charge >= 0.3 is 12.1 Å². The number of rotatable bonds is 6. The first-order valence-electron chi connectivity index (χ1n) is 8.49. The summed E-state index contributed by atoms with van der Waals surface area (Å²) in [6, 6.07) is 1.87. The van der Waals surface area contributed by atoms with Crippen molar-refractivity contribution in [3.05, 3.63) is 34.4 Å². The van der Waals surface area contributed by atoms with Crippen LogP contribution in [0.4, 0.5) is 18.9 Å². The maximum Gasteiger partial charge on any atom is 0.433 e. The maximum absolute atomic E-state index is 13.3. The van der Waals surface area contributed by atoms with Gasteiger partial charge in [0.05, 0.1) is 23.5 Å². The van der Waals surface area contributed by atoms with E-state index >= 15 is 0 Å². The minimum absolute atomic E-state index is 0.0875. The molecule has 0 aliphatic carbocycles. The van der Waals surface area contributed by atoms with E-state index in [2.05, 4.69) is 9.47 Å². The van der Waals surface area contributed by atoms with Gasteiger partial charge in [-0.15, -0.1) is 0 Å². The topological polar surface area (TPSA) is 145 Å². The molecular formula is C16H18F3N3O8S. The maximum atomic E-state index is 13.3. The number of carbonyl (C=O) groups excluding carboxylic acids is 2. The molecule has 1 saturated heterocycles. The molecule has 0 radical (unpaired) electrons. The molecule has 2 atom stereocenters. The van der Waals surface area contributed by atoms with Gasteiger partial charge in [0, 0.05) is 12.1 Å². The number of alkyl halides is 3. The number of nitro groups is 1. The number of halogens is 3. The first-order chi connectivity index (χ1) is 14.1. The van der Waals surface area contributed by atoms with Gasteiger partial charge in [-0.3, -0.25) is 19.8 Å². The number of nitrogens with one attached hydrogen (secondary N) is 1. The molecule has 1 amide bonds. The summed E-state index contributed by atoms with van der Waals surface area (Å²) >= 11 is 0. The predicted octanol–water partition coefficient (Wildman–Crippen LogP) is 0.940. The Morgan fingerprint density at radius 1 is 1.26 bits per heavy atom. The van der Waals surface area contributed by atoms with E-state index in [1.807, 2.05) is 4.72 Å². The van der Waals surface area contributed by atoms with Crippen LogP contribution in [-0.2, 0) is 29.1 Å². The number of benzene rings is 1. The zero-order valence-corrected chi connectivity index (χ0v) is 17.2. The Hall–Kier alpha value is -2.78. The van der Waals surface area contributed by atoms with Crippen molar-refractivity contribution in [3.63, 3.8) is 0 Å². The first-order valence-corrected chi connectivity index (χ1v) is 9.97. The summed E-state index contributed by atoms with van der Waals surface area (Å²) in [5, 5.41) is 10.7. The van der Waals surface area contributed by atoms with E-state index in [9.17, 15) is 41.3 Å². The third-order valence-electron chi connectivity index (χ3n) is 4.27. The molecule has 1 N–H and O–H groups in total. The average molecular weight is 469 g/mol. The number of carbonyl (C=O) groups is 2. The number of sulfonamides is 1.